The number of rotatable bonds is 4. The Kier molecular flexibility index (Phi) is 3.95. The Morgan fingerprint density at radius 3 is 2.36 bits per heavy atom. The molecule has 2 N–H and O–H groups in total. The van der Waals surface area contributed by atoms with Crippen LogP contribution in [0.1, 0.15) is 13.3 Å². The van der Waals surface area contributed by atoms with Gasteiger partial charge in [-0.05, 0) is 6.92 Å². The zero-order valence-corrected chi connectivity index (χ0v) is 6.15. The second kappa shape index (κ2) is 4.49. The van der Waals surface area contributed by atoms with Gasteiger partial charge in [-0.15, -0.1) is 0 Å². The minimum absolute atomic E-state index is 0.127. The summed E-state index contributed by atoms with van der Waals surface area (Å²) in [7, 11) is 0. The molecular weight excluding hydrogens is 148 g/mol. The predicted octanol–water partition coefficient (Wildman–Crippen LogP) is 0.738. The molecule has 0 spiro atoms. The van der Waals surface area contributed by atoms with Crippen molar-refractivity contribution in [3.8, 4) is 0 Å². The van der Waals surface area contributed by atoms with Gasteiger partial charge in [-0.3, -0.25) is 9.59 Å². The zero-order chi connectivity index (χ0) is 8.85. The van der Waals surface area contributed by atoms with Crippen LogP contribution in [0, 0.1) is 5.92 Å². The molecule has 0 aliphatic heterocycles. The van der Waals surface area contributed by atoms with Crippen LogP contribution in [-0.2, 0) is 9.59 Å². The third-order valence-corrected chi connectivity index (χ3v) is 1.11. The monoisotopic (exact) mass is 158 g/mol. The molecule has 0 fully saturated rings. The van der Waals surface area contributed by atoms with Gasteiger partial charge in [-0.1, -0.05) is 12.2 Å². The van der Waals surface area contributed by atoms with E-state index in [4.69, 9.17) is 10.2 Å². The van der Waals surface area contributed by atoms with Crippen LogP contribution in [0.4, 0.5) is 0 Å². The molecule has 0 aliphatic rings. The molecule has 62 valence electrons. The van der Waals surface area contributed by atoms with Gasteiger partial charge in [-0.2, -0.15) is 0 Å². The highest BCUT2D eigenvalue weighted by Gasteiger charge is 2.04. The highest BCUT2D eigenvalue weighted by Crippen LogP contribution is 1.97. The van der Waals surface area contributed by atoms with Crippen molar-refractivity contribution in [2.45, 2.75) is 13.3 Å². The van der Waals surface area contributed by atoms with Crippen molar-refractivity contribution in [1.29, 1.82) is 0 Å². The SMILES string of the molecule is CC(/C=C/CC(=O)O)C(=O)O. The van der Waals surface area contributed by atoms with Gasteiger partial charge in [-0.25, -0.2) is 0 Å². The molecule has 0 amide bonds. The molecule has 0 aromatic rings. The first kappa shape index (κ1) is 9.68. The summed E-state index contributed by atoms with van der Waals surface area (Å²) in [6, 6.07) is 0. The van der Waals surface area contributed by atoms with E-state index in [0.717, 1.165) is 0 Å². The lowest BCUT2D eigenvalue weighted by Crippen LogP contribution is -2.05. The van der Waals surface area contributed by atoms with Crippen molar-refractivity contribution in [2.24, 2.45) is 5.92 Å². The van der Waals surface area contributed by atoms with Crippen LogP contribution in [0.15, 0.2) is 12.2 Å². The fraction of sp³-hybridized carbons (Fsp3) is 0.429. The first-order valence-corrected chi connectivity index (χ1v) is 3.15. The van der Waals surface area contributed by atoms with Gasteiger partial charge in [0.15, 0.2) is 0 Å². The molecule has 0 radical (unpaired) electrons. The van der Waals surface area contributed by atoms with Crippen molar-refractivity contribution >= 4 is 11.9 Å². The number of hydrogen-bond donors (Lipinski definition) is 2. The minimum Gasteiger partial charge on any atom is -0.481 e. The van der Waals surface area contributed by atoms with Crippen LogP contribution in [0.25, 0.3) is 0 Å². The molecule has 0 aromatic heterocycles. The maximum Gasteiger partial charge on any atom is 0.310 e. The van der Waals surface area contributed by atoms with E-state index in [1.165, 1.54) is 19.1 Å². The van der Waals surface area contributed by atoms with E-state index in [-0.39, 0.29) is 6.42 Å². The first-order chi connectivity index (χ1) is 5.04. The van der Waals surface area contributed by atoms with Gasteiger partial charge >= 0.3 is 11.9 Å². The van der Waals surface area contributed by atoms with Crippen molar-refractivity contribution in [1.82, 2.24) is 0 Å². The van der Waals surface area contributed by atoms with Crippen molar-refractivity contribution < 1.29 is 19.8 Å². The normalized spacial score (nSPS) is 13.2. The lowest BCUT2D eigenvalue weighted by Gasteiger charge is -1.95. The molecule has 0 aromatic carbocycles. The average Bonchev–Trinajstić information content (AvgIpc) is 1.86. The second-order valence-corrected chi connectivity index (χ2v) is 2.15. The Morgan fingerprint density at radius 1 is 1.45 bits per heavy atom. The predicted molar refractivity (Wildman–Crippen MR) is 38.2 cm³/mol. The summed E-state index contributed by atoms with van der Waals surface area (Å²) >= 11 is 0. The molecule has 0 rings (SSSR count). The number of carboxylic acids is 2. The van der Waals surface area contributed by atoms with E-state index in [9.17, 15) is 9.59 Å². The van der Waals surface area contributed by atoms with Gasteiger partial charge in [0, 0.05) is 0 Å². The number of aliphatic carboxylic acids is 2. The van der Waals surface area contributed by atoms with Crippen LogP contribution in [0.2, 0.25) is 0 Å². The molecule has 4 nitrogen and oxygen atoms in total. The van der Waals surface area contributed by atoms with Crippen LogP contribution in [-0.4, -0.2) is 22.2 Å². The Hall–Kier alpha value is -1.32. The van der Waals surface area contributed by atoms with E-state index in [2.05, 4.69) is 0 Å². The number of hydrogen-bond acceptors (Lipinski definition) is 2. The molecule has 11 heavy (non-hydrogen) atoms. The van der Waals surface area contributed by atoms with E-state index in [1.54, 1.807) is 0 Å². The Labute approximate surface area is 64.2 Å². The molecule has 1 unspecified atom stereocenters. The second-order valence-electron chi connectivity index (χ2n) is 2.15. The minimum atomic E-state index is -0.959. The Balaban J connectivity index is 3.74. The topological polar surface area (TPSA) is 74.6 Å². The maximum atomic E-state index is 10.2. The molecular formula is C7H10O4. The van der Waals surface area contributed by atoms with Crippen LogP contribution in [0.3, 0.4) is 0 Å². The highest BCUT2D eigenvalue weighted by atomic mass is 16.4. The summed E-state index contributed by atoms with van der Waals surface area (Å²) in [6.45, 7) is 1.49. The molecule has 4 heteroatoms. The summed E-state index contributed by atoms with van der Waals surface area (Å²) in [4.78, 5) is 20.1. The van der Waals surface area contributed by atoms with Gasteiger partial charge < -0.3 is 10.2 Å². The summed E-state index contributed by atoms with van der Waals surface area (Å²) < 4.78 is 0. The van der Waals surface area contributed by atoms with E-state index < -0.39 is 17.9 Å². The summed E-state index contributed by atoms with van der Waals surface area (Å²) in [6.07, 6.45) is 2.56. The van der Waals surface area contributed by atoms with Gasteiger partial charge in [0.25, 0.3) is 0 Å². The lowest BCUT2D eigenvalue weighted by atomic mass is 10.1. The molecule has 0 saturated carbocycles. The molecule has 0 saturated heterocycles. The Bertz CT molecular complexity index is 183. The average molecular weight is 158 g/mol. The van der Waals surface area contributed by atoms with Crippen molar-refractivity contribution in [2.75, 3.05) is 0 Å². The van der Waals surface area contributed by atoms with Gasteiger partial charge in [0.05, 0.1) is 12.3 Å². The third kappa shape index (κ3) is 5.14. The fourth-order valence-electron chi connectivity index (χ4n) is 0.455. The molecule has 0 bridgehead atoms. The summed E-state index contributed by atoms with van der Waals surface area (Å²) in [5.74, 6) is -2.53. The Morgan fingerprint density at radius 2 is 2.00 bits per heavy atom. The van der Waals surface area contributed by atoms with E-state index >= 15 is 0 Å². The number of carbonyl (C=O) groups is 2. The molecule has 1 atom stereocenters. The quantitative estimate of drug-likeness (QED) is 0.591. The van der Waals surface area contributed by atoms with Crippen LogP contribution in [0.5, 0.6) is 0 Å². The number of carboxylic acid groups (broad SMARTS) is 2. The van der Waals surface area contributed by atoms with Crippen molar-refractivity contribution in [3.63, 3.8) is 0 Å². The zero-order valence-electron chi connectivity index (χ0n) is 6.15. The molecule has 0 heterocycles. The summed E-state index contributed by atoms with van der Waals surface area (Å²) in [5.41, 5.74) is 0. The molecule has 0 aliphatic carbocycles. The van der Waals surface area contributed by atoms with E-state index in [1.807, 2.05) is 0 Å². The standard InChI is InChI=1S/C7H10O4/c1-5(7(10)11)3-2-4-6(8)9/h2-3,5H,4H2,1H3,(H,8,9)(H,10,11)/b3-2+. The smallest absolute Gasteiger partial charge is 0.310 e. The van der Waals surface area contributed by atoms with Crippen LogP contribution < -0.4 is 0 Å². The first-order valence-electron chi connectivity index (χ1n) is 3.15. The van der Waals surface area contributed by atoms with Crippen LogP contribution >= 0.6 is 0 Å². The largest absolute Gasteiger partial charge is 0.481 e. The van der Waals surface area contributed by atoms with E-state index in [0.29, 0.717) is 0 Å². The lowest BCUT2D eigenvalue weighted by molar-refractivity contribution is -0.140. The fourth-order valence-corrected chi connectivity index (χ4v) is 0.455. The van der Waals surface area contributed by atoms with Gasteiger partial charge in [0.1, 0.15) is 0 Å². The third-order valence-electron chi connectivity index (χ3n) is 1.11. The summed E-state index contributed by atoms with van der Waals surface area (Å²) in [5, 5.41) is 16.5. The van der Waals surface area contributed by atoms with Crippen molar-refractivity contribution in [3.05, 3.63) is 12.2 Å². The van der Waals surface area contributed by atoms with Gasteiger partial charge in [0.2, 0.25) is 0 Å². The highest BCUT2D eigenvalue weighted by molar-refractivity contribution is 5.72. The maximum absolute atomic E-state index is 10.2.